The van der Waals surface area contributed by atoms with Crippen LogP contribution in [0.1, 0.15) is 335 Å². The molecule has 1 amide bonds. The molecule has 0 aromatic carbocycles. The lowest BCUT2D eigenvalue weighted by Crippen LogP contribution is -2.46. The Morgan fingerprint density at radius 3 is 0.953 bits per heavy atom. The van der Waals surface area contributed by atoms with E-state index in [0.29, 0.717) is 19.3 Å². The molecule has 6 nitrogen and oxygen atoms in total. The van der Waals surface area contributed by atoms with Crippen LogP contribution in [0.3, 0.4) is 0 Å². The van der Waals surface area contributed by atoms with Gasteiger partial charge in [0.2, 0.25) is 5.91 Å². The van der Waals surface area contributed by atoms with Crippen molar-refractivity contribution in [2.24, 2.45) is 0 Å². The maximum Gasteiger partial charge on any atom is 0.306 e. The lowest BCUT2D eigenvalue weighted by atomic mass is 10.0. The van der Waals surface area contributed by atoms with Crippen LogP contribution in [0.4, 0.5) is 0 Å². The van der Waals surface area contributed by atoms with Gasteiger partial charge in [-0.1, -0.05) is 297 Å². The summed E-state index contributed by atoms with van der Waals surface area (Å²) in [6, 6.07) is -0.692. The predicted molar refractivity (Wildman–Crippen MR) is 278 cm³/mol. The Hall–Kier alpha value is -1.14. The SMILES string of the molecule is CCCCCCCCCCCCCCCCCCCC(=O)OC(CCCCCCCCCCCCCCCCCCC)CC(=O)NC(CO)C(O)CCCCCCCCCCCCC. The van der Waals surface area contributed by atoms with E-state index in [1.54, 1.807) is 0 Å². The standard InChI is InChI=1S/C58H115NO5/c1-4-7-10-13-16-19-22-24-26-28-30-32-35-37-40-43-46-49-54(52-57(62)59-55(53-60)56(61)50-47-44-41-38-34-21-18-15-12-9-6-3)64-58(63)51-48-45-42-39-36-33-31-29-27-25-23-20-17-14-11-8-5-2/h54-56,60-61H,4-53H2,1-3H3,(H,59,62). The molecular formula is C58H115NO5. The smallest absolute Gasteiger partial charge is 0.306 e. The van der Waals surface area contributed by atoms with Crippen molar-refractivity contribution in [1.82, 2.24) is 5.32 Å². The van der Waals surface area contributed by atoms with E-state index >= 15 is 0 Å². The molecule has 0 bridgehead atoms. The molecule has 0 rings (SSSR count). The summed E-state index contributed by atoms with van der Waals surface area (Å²) in [5, 5.41) is 23.8. The van der Waals surface area contributed by atoms with Crippen molar-refractivity contribution in [3.05, 3.63) is 0 Å². The van der Waals surface area contributed by atoms with Crippen LogP contribution in [0.5, 0.6) is 0 Å². The van der Waals surface area contributed by atoms with Crippen LogP contribution in [-0.2, 0) is 14.3 Å². The Morgan fingerprint density at radius 1 is 0.391 bits per heavy atom. The van der Waals surface area contributed by atoms with E-state index in [0.717, 1.165) is 38.5 Å². The third-order valence-corrected chi connectivity index (χ3v) is 13.9. The highest BCUT2D eigenvalue weighted by atomic mass is 16.5. The number of aliphatic hydroxyl groups is 2. The number of amides is 1. The second-order valence-corrected chi connectivity index (χ2v) is 20.4. The molecule has 3 atom stereocenters. The zero-order valence-corrected chi connectivity index (χ0v) is 43.7. The first kappa shape index (κ1) is 62.9. The Bertz CT molecular complexity index is 928. The number of hydrogen-bond acceptors (Lipinski definition) is 5. The lowest BCUT2D eigenvalue weighted by molar-refractivity contribution is -0.151. The van der Waals surface area contributed by atoms with Crippen molar-refractivity contribution in [2.45, 2.75) is 354 Å². The Kier molecular flexibility index (Phi) is 51.9. The van der Waals surface area contributed by atoms with Crippen LogP contribution < -0.4 is 5.32 Å². The van der Waals surface area contributed by atoms with Gasteiger partial charge in [0.05, 0.1) is 25.2 Å². The van der Waals surface area contributed by atoms with Gasteiger partial charge in [-0.05, 0) is 25.7 Å². The van der Waals surface area contributed by atoms with Crippen LogP contribution in [-0.4, -0.2) is 46.9 Å². The normalized spacial score (nSPS) is 13.0. The molecule has 0 radical (unpaired) electrons. The van der Waals surface area contributed by atoms with Gasteiger partial charge in [-0.3, -0.25) is 9.59 Å². The van der Waals surface area contributed by atoms with E-state index < -0.39 is 18.2 Å². The van der Waals surface area contributed by atoms with Crippen LogP contribution in [0, 0.1) is 0 Å². The van der Waals surface area contributed by atoms with Crippen LogP contribution in [0.25, 0.3) is 0 Å². The number of nitrogens with one attached hydrogen (secondary N) is 1. The molecule has 0 heterocycles. The number of aliphatic hydroxyl groups excluding tert-OH is 2. The highest BCUT2D eigenvalue weighted by Gasteiger charge is 2.24. The number of carbonyl (C=O) groups is 2. The molecule has 0 aromatic rings. The van der Waals surface area contributed by atoms with Crippen molar-refractivity contribution in [2.75, 3.05) is 6.61 Å². The zero-order chi connectivity index (χ0) is 46.7. The molecule has 0 fully saturated rings. The van der Waals surface area contributed by atoms with Gasteiger partial charge in [-0.25, -0.2) is 0 Å². The van der Waals surface area contributed by atoms with Crippen molar-refractivity contribution in [3.63, 3.8) is 0 Å². The molecule has 3 unspecified atom stereocenters. The molecule has 0 aliphatic heterocycles. The molecule has 0 spiro atoms. The topological polar surface area (TPSA) is 95.9 Å². The molecule has 3 N–H and O–H groups in total. The van der Waals surface area contributed by atoms with Crippen LogP contribution in [0.15, 0.2) is 0 Å². The van der Waals surface area contributed by atoms with Gasteiger partial charge >= 0.3 is 5.97 Å². The van der Waals surface area contributed by atoms with E-state index in [1.807, 2.05) is 0 Å². The Morgan fingerprint density at radius 2 is 0.656 bits per heavy atom. The predicted octanol–water partition coefficient (Wildman–Crippen LogP) is 17.9. The quantitative estimate of drug-likeness (QED) is 0.0417. The van der Waals surface area contributed by atoms with Gasteiger partial charge in [0, 0.05) is 6.42 Å². The molecule has 64 heavy (non-hydrogen) atoms. The van der Waals surface area contributed by atoms with Crippen LogP contribution in [0.2, 0.25) is 0 Å². The first-order valence-electron chi connectivity index (χ1n) is 29.3. The molecule has 0 aliphatic rings. The minimum atomic E-state index is -0.779. The summed E-state index contributed by atoms with van der Waals surface area (Å²) >= 11 is 0. The highest BCUT2D eigenvalue weighted by molar-refractivity contribution is 5.77. The summed E-state index contributed by atoms with van der Waals surface area (Å²) in [5.74, 6) is -0.444. The second-order valence-electron chi connectivity index (χ2n) is 20.4. The minimum Gasteiger partial charge on any atom is -0.462 e. The fourth-order valence-corrected chi connectivity index (χ4v) is 9.49. The monoisotopic (exact) mass is 906 g/mol. The third-order valence-electron chi connectivity index (χ3n) is 13.9. The van der Waals surface area contributed by atoms with Crippen molar-refractivity contribution >= 4 is 11.9 Å². The molecular weight excluding hydrogens is 791 g/mol. The summed E-state index contributed by atoms with van der Waals surface area (Å²) in [5.41, 5.74) is 0. The molecule has 0 saturated carbocycles. The fraction of sp³-hybridized carbons (Fsp3) is 0.966. The average Bonchev–Trinajstić information content (AvgIpc) is 3.29. The molecule has 0 saturated heterocycles. The Labute approximate surface area is 400 Å². The number of ether oxygens (including phenoxy) is 1. The van der Waals surface area contributed by atoms with Gasteiger partial charge in [-0.2, -0.15) is 0 Å². The average molecular weight is 907 g/mol. The number of rotatable bonds is 54. The third kappa shape index (κ3) is 47.4. The maximum atomic E-state index is 13.3. The molecule has 382 valence electrons. The molecule has 0 aliphatic carbocycles. The van der Waals surface area contributed by atoms with E-state index in [4.69, 9.17) is 4.74 Å². The number of unbranched alkanes of at least 4 members (excludes halogenated alkanes) is 42. The largest absolute Gasteiger partial charge is 0.462 e. The lowest BCUT2D eigenvalue weighted by Gasteiger charge is -2.24. The van der Waals surface area contributed by atoms with Gasteiger partial charge in [0.25, 0.3) is 0 Å². The first-order chi connectivity index (χ1) is 31.5. The van der Waals surface area contributed by atoms with Crippen molar-refractivity contribution in [3.8, 4) is 0 Å². The van der Waals surface area contributed by atoms with E-state index in [1.165, 1.54) is 250 Å². The summed E-state index contributed by atoms with van der Waals surface area (Å²) in [6.45, 7) is 6.53. The van der Waals surface area contributed by atoms with Crippen molar-refractivity contribution in [1.29, 1.82) is 0 Å². The van der Waals surface area contributed by atoms with Gasteiger partial charge in [0.1, 0.15) is 6.10 Å². The van der Waals surface area contributed by atoms with Gasteiger partial charge in [-0.15, -0.1) is 0 Å². The van der Waals surface area contributed by atoms with Gasteiger partial charge in [0.15, 0.2) is 0 Å². The highest BCUT2D eigenvalue weighted by Crippen LogP contribution is 2.19. The zero-order valence-electron chi connectivity index (χ0n) is 43.7. The summed E-state index contributed by atoms with van der Waals surface area (Å²) in [4.78, 5) is 26.3. The minimum absolute atomic E-state index is 0.0886. The fourth-order valence-electron chi connectivity index (χ4n) is 9.49. The molecule has 0 aromatic heterocycles. The second kappa shape index (κ2) is 52.8. The van der Waals surface area contributed by atoms with E-state index in [-0.39, 0.29) is 24.9 Å². The van der Waals surface area contributed by atoms with Crippen molar-refractivity contribution < 1.29 is 24.5 Å². The number of hydrogen-bond donors (Lipinski definition) is 3. The van der Waals surface area contributed by atoms with Crippen LogP contribution >= 0.6 is 0 Å². The molecule has 6 heteroatoms. The van der Waals surface area contributed by atoms with E-state index in [2.05, 4.69) is 26.1 Å². The summed E-state index contributed by atoms with van der Waals surface area (Å²) in [6.07, 6.45) is 58.9. The van der Waals surface area contributed by atoms with E-state index in [9.17, 15) is 19.8 Å². The number of esters is 1. The number of carbonyl (C=O) groups excluding carboxylic acids is 2. The first-order valence-corrected chi connectivity index (χ1v) is 29.3. The Balaban J connectivity index is 4.48. The van der Waals surface area contributed by atoms with Gasteiger partial charge < -0.3 is 20.3 Å². The summed E-state index contributed by atoms with van der Waals surface area (Å²) in [7, 11) is 0. The maximum absolute atomic E-state index is 13.3. The summed E-state index contributed by atoms with van der Waals surface area (Å²) < 4.78 is 5.97.